The molecule has 1 aliphatic carbocycles. The highest BCUT2D eigenvalue weighted by atomic mass is 32.2. The minimum absolute atomic E-state index is 0.0551. The Morgan fingerprint density at radius 1 is 1.20 bits per heavy atom. The fourth-order valence-corrected chi connectivity index (χ4v) is 6.09. The summed E-state index contributed by atoms with van der Waals surface area (Å²) >= 11 is 0. The number of para-hydroxylation sites is 1. The summed E-state index contributed by atoms with van der Waals surface area (Å²) in [6.45, 7) is 1.97. The Balaban J connectivity index is 1.50. The van der Waals surface area contributed by atoms with E-state index in [2.05, 4.69) is 16.7 Å². The normalized spacial score (nSPS) is 22.8. The number of anilines is 1. The standard InChI is InChI=1S/C22H30N2O5S/c1-22(12-14-30(27,28)16-22)24-20(25)15-29-21(26)18-9-5-6-10-19(18)23-13-11-17-7-3-2-4-8-17/h5-7,9-10,23H,2-4,8,11-16H2,1H3,(H,24,25). The topological polar surface area (TPSA) is 102 Å². The van der Waals surface area contributed by atoms with E-state index in [1.807, 2.05) is 12.1 Å². The molecule has 0 saturated carbocycles. The number of nitrogens with one attached hydrogen (secondary N) is 2. The maximum atomic E-state index is 12.5. The first kappa shape index (κ1) is 22.3. The van der Waals surface area contributed by atoms with Gasteiger partial charge in [0.25, 0.3) is 5.91 Å². The molecule has 164 valence electrons. The van der Waals surface area contributed by atoms with Gasteiger partial charge >= 0.3 is 5.97 Å². The molecule has 1 atom stereocenters. The Bertz CT molecular complexity index is 925. The number of rotatable bonds is 8. The number of sulfone groups is 1. The maximum Gasteiger partial charge on any atom is 0.340 e. The number of carbonyl (C=O) groups excluding carboxylic acids is 2. The Morgan fingerprint density at radius 3 is 2.70 bits per heavy atom. The molecule has 0 spiro atoms. The van der Waals surface area contributed by atoms with E-state index in [1.54, 1.807) is 19.1 Å². The SMILES string of the molecule is CC1(NC(=O)COC(=O)c2ccccc2NCCC2=CCCCC2)CCS(=O)(=O)C1. The van der Waals surface area contributed by atoms with E-state index in [9.17, 15) is 18.0 Å². The van der Waals surface area contributed by atoms with Gasteiger partial charge in [0.05, 0.1) is 22.6 Å². The molecule has 0 radical (unpaired) electrons. The zero-order valence-corrected chi connectivity index (χ0v) is 18.2. The molecule has 2 aliphatic rings. The van der Waals surface area contributed by atoms with Crippen LogP contribution in [0.15, 0.2) is 35.9 Å². The smallest absolute Gasteiger partial charge is 0.340 e. The van der Waals surface area contributed by atoms with E-state index >= 15 is 0 Å². The van der Waals surface area contributed by atoms with E-state index in [1.165, 1.54) is 18.4 Å². The Kier molecular flexibility index (Phi) is 7.18. The fraction of sp³-hybridized carbons (Fsp3) is 0.545. The predicted molar refractivity (Wildman–Crippen MR) is 116 cm³/mol. The van der Waals surface area contributed by atoms with Crippen LogP contribution in [0.4, 0.5) is 5.69 Å². The molecule has 2 N–H and O–H groups in total. The average molecular weight is 435 g/mol. The lowest BCUT2D eigenvalue weighted by molar-refractivity contribution is -0.125. The molecular formula is C22H30N2O5S. The van der Waals surface area contributed by atoms with Crippen LogP contribution in [0.25, 0.3) is 0 Å². The number of allylic oxidation sites excluding steroid dienone is 1. The third-order valence-corrected chi connectivity index (χ3v) is 7.48. The first-order valence-electron chi connectivity index (χ1n) is 10.5. The van der Waals surface area contributed by atoms with Gasteiger partial charge in [-0.1, -0.05) is 23.8 Å². The molecule has 1 heterocycles. The minimum Gasteiger partial charge on any atom is -0.452 e. The van der Waals surface area contributed by atoms with Crippen molar-refractivity contribution in [1.29, 1.82) is 0 Å². The van der Waals surface area contributed by atoms with E-state index in [-0.39, 0.29) is 11.5 Å². The Morgan fingerprint density at radius 2 is 2.00 bits per heavy atom. The molecule has 1 saturated heterocycles. The largest absolute Gasteiger partial charge is 0.452 e. The van der Waals surface area contributed by atoms with Crippen molar-refractivity contribution in [2.24, 2.45) is 0 Å². The van der Waals surface area contributed by atoms with Crippen LogP contribution in [-0.4, -0.2) is 50.5 Å². The van der Waals surface area contributed by atoms with Gasteiger partial charge in [0.15, 0.2) is 16.4 Å². The highest BCUT2D eigenvalue weighted by molar-refractivity contribution is 7.91. The number of esters is 1. The lowest BCUT2D eigenvalue weighted by Gasteiger charge is -2.23. The van der Waals surface area contributed by atoms with Gasteiger partial charge in [-0.15, -0.1) is 0 Å². The monoisotopic (exact) mass is 434 g/mol. The number of benzene rings is 1. The van der Waals surface area contributed by atoms with Gasteiger partial charge in [-0.3, -0.25) is 4.79 Å². The Hall–Kier alpha value is -2.35. The predicted octanol–water partition coefficient (Wildman–Crippen LogP) is 2.84. The number of carbonyl (C=O) groups is 2. The third kappa shape index (κ3) is 6.32. The van der Waals surface area contributed by atoms with Crippen molar-refractivity contribution in [2.45, 2.75) is 51.0 Å². The van der Waals surface area contributed by atoms with Crippen LogP contribution in [-0.2, 0) is 19.4 Å². The van der Waals surface area contributed by atoms with Crippen molar-refractivity contribution in [2.75, 3.05) is 30.0 Å². The van der Waals surface area contributed by atoms with Crippen LogP contribution < -0.4 is 10.6 Å². The molecule has 1 aromatic carbocycles. The molecule has 1 aliphatic heterocycles. The van der Waals surface area contributed by atoms with Crippen molar-refractivity contribution in [3.8, 4) is 0 Å². The second kappa shape index (κ2) is 9.64. The van der Waals surface area contributed by atoms with Gasteiger partial charge in [-0.25, -0.2) is 13.2 Å². The summed E-state index contributed by atoms with van der Waals surface area (Å²) in [6, 6.07) is 7.06. The highest BCUT2D eigenvalue weighted by Gasteiger charge is 2.39. The summed E-state index contributed by atoms with van der Waals surface area (Å²) in [5, 5.41) is 5.98. The quantitative estimate of drug-likeness (QED) is 0.482. The summed E-state index contributed by atoms with van der Waals surface area (Å²) in [5.41, 5.74) is 1.69. The van der Waals surface area contributed by atoms with Gasteiger partial charge in [-0.05, 0) is 57.6 Å². The van der Waals surface area contributed by atoms with E-state index in [0.29, 0.717) is 17.7 Å². The van der Waals surface area contributed by atoms with Gasteiger partial charge < -0.3 is 15.4 Å². The molecule has 0 bridgehead atoms. The zero-order chi connectivity index (χ0) is 21.6. The van der Waals surface area contributed by atoms with Crippen molar-refractivity contribution in [1.82, 2.24) is 5.32 Å². The molecule has 1 fully saturated rings. The fourth-order valence-electron chi connectivity index (χ4n) is 4.00. The van der Waals surface area contributed by atoms with E-state index in [4.69, 9.17) is 4.74 Å². The molecule has 7 nitrogen and oxygen atoms in total. The number of hydrogen-bond acceptors (Lipinski definition) is 6. The second-order valence-corrected chi connectivity index (χ2v) is 10.5. The van der Waals surface area contributed by atoms with Gasteiger partial charge in [-0.2, -0.15) is 0 Å². The van der Waals surface area contributed by atoms with Crippen LogP contribution in [0.5, 0.6) is 0 Å². The molecule has 1 amide bonds. The first-order valence-corrected chi connectivity index (χ1v) is 12.3. The summed E-state index contributed by atoms with van der Waals surface area (Å²) in [7, 11) is -3.13. The summed E-state index contributed by atoms with van der Waals surface area (Å²) in [5.74, 6) is -1.13. The van der Waals surface area contributed by atoms with Crippen LogP contribution in [0.1, 0.15) is 55.8 Å². The summed E-state index contributed by atoms with van der Waals surface area (Å²) < 4.78 is 28.5. The van der Waals surface area contributed by atoms with Crippen LogP contribution in [0, 0.1) is 0 Å². The van der Waals surface area contributed by atoms with Gasteiger partial charge in [0.2, 0.25) is 0 Å². The van der Waals surface area contributed by atoms with Gasteiger partial charge in [0.1, 0.15) is 0 Å². The second-order valence-electron chi connectivity index (χ2n) is 8.36. The number of ether oxygens (including phenoxy) is 1. The summed E-state index contributed by atoms with van der Waals surface area (Å²) in [4.78, 5) is 24.7. The van der Waals surface area contributed by atoms with Crippen LogP contribution in [0.3, 0.4) is 0 Å². The van der Waals surface area contributed by atoms with Crippen molar-refractivity contribution < 1.29 is 22.7 Å². The first-order chi connectivity index (χ1) is 14.3. The third-order valence-electron chi connectivity index (χ3n) is 5.57. The lowest BCUT2D eigenvalue weighted by atomic mass is 9.97. The molecule has 30 heavy (non-hydrogen) atoms. The number of hydrogen-bond donors (Lipinski definition) is 2. The molecule has 3 rings (SSSR count). The molecule has 1 aromatic rings. The zero-order valence-electron chi connectivity index (χ0n) is 17.4. The summed E-state index contributed by atoms with van der Waals surface area (Å²) in [6.07, 6.45) is 8.38. The molecular weight excluding hydrogens is 404 g/mol. The van der Waals surface area contributed by atoms with Crippen LogP contribution >= 0.6 is 0 Å². The minimum atomic E-state index is -3.13. The van der Waals surface area contributed by atoms with E-state index < -0.39 is 33.9 Å². The average Bonchev–Trinajstić information content (AvgIpc) is 2.99. The highest BCUT2D eigenvalue weighted by Crippen LogP contribution is 2.23. The molecule has 1 unspecified atom stereocenters. The molecule has 8 heteroatoms. The van der Waals surface area contributed by atoms with E-state index in [0.717, 1.165) is 25.8 Å². The van der Waals surface area contributed by atoms with Crippen molar-refractivity contribution >= 4 is 27.4 Å². The van der Waals surface area contributed by atoms with Crippen molar-refractivity contribution in [3.63, 3.8) is 0 Å². The number of amides is 1. The maximum absolute atomic E-state index is 12.5. The van der Waals surface area contributed by atoms with Crippen LogP contribution in [0.2, 0.25) is 0 Å². The van der Waals surface area contributed by atoms with Gasteiger partial charge in [0, 0.05) is 12.2 Å². The van der Waals surface area contributed by atoms with Crippen molar-refractivity contribution in [3.05, 3.63) is 41.5 Å². The lowest BCUT2D eigenvalue weighted by Crippen LogP contribution is -2.48. The Labute approximate surface area is 178 Å². The molecule has 0 aromatic heterocycles.